The van der Waals surface area contributed by atoms with Crippen LogP contribution in [0.25, 0.3) is 0 Å². The number of sulfonamides is 1. The molecular formula is C20H18ClN3O4S. The molecular weight excluding hydrogens is 414 g/mol. The highest BCUT2D eigenvalue weighted by Crippen LogP contribution is 2.24. The molecule has 0 unspecified atom stereocenters. The van der Waals surface area contributed by atoms with Gasteiger partial charge in [0.1, 0.15) is 0 Å². The van der Waals surface area contributed by atoms with Gasteiger partial charge >= 0.3 is 0 Å². The van der Waals surface area contributed by atoms with Gasteiger partial charge in [-0.25, -0.2) is 13.9 Å². The fraction of sp³-hybridized carbons (Fsp3) is 0.100. The van der Waals surface area contributed by atoms with Crippen molar-refractivity contribution in [3.8, 4) is 0 Å². The van der Waals surface area contributed by atoms with Crippen LogP contribution < -0.4 is 10.2 Å². The van der Waals surface area contributed by atoms with Gasteiger partial charge in [-0.15, -0.1) is 0 Å². The molecule has 3 rings (SSSR count). The maximum absolute atomic E-state index is 12.4. The van der Waals surface area contributed by atoms with Crippen LogP contribution in [0.5, 0.6) is 0 Å². The summed E-state index contributed by atoms with van der Waals surface area (Å²) in [6.45, 7) is 0. The number of rotatable bonds is 7. The first-order valence-electron chi connectivity index (χ1n) is 8.57. The third-order valence-corrected chi connectivity index (χ3v) is 5.73. The van der Waals surface area contributed by atoms with Gasteiger partial charge in [-0.2, -0.15) is 0 Å². The maximum Gasteiger partial charge on any atom is 0.274 e. The number of hydroxylamine groups is 1. The van der Waals surface area contributed by atoms with Crippen LogP contribution in [0.1, 0.15) is 27.0 Å². The number of carbonyl (C=O) groups excluding carboxylic acids is 1. The molecule has 1 aromatic heterocycles. The molecule has 0 atom stereocenters. The minimum atomic E-state index is -3.68. The van der Waals surface area contributed by atoms with Gasteiger partial charge < -0.3 is 0 Å². The smallest absolute Gasteiger partial charge is 0.274 e. The maximum atomic E-state index is 12.4. The summed E-state index contributed by atoms with van der Waals surface area (Å²) in [6, 6.07) is 14.7. The lowest BCUT2D eigenvalue weighted by atomic mass is 10.1. The second-order valence-electron chi connectivity index (χ2n) is 6.34. The summed E-state index contributed by atoms with van der Waals surface area (Å²) in [6.07, 6.45) is 4.04. The minimum Gasteiger partial charge on any atom is -0.288 e. The van der Waals surface area contributed by atoms with Crippen molar-refractivity contribution in [3.63, 3.8) is 0 Å². The van der Waals surface area contributed by atoms with Gasteiger partial charge in [-0.1, -0.05) is 35.9 Å². The highest BCUT2D eigenvalue weighted by Gasteiger charge is 2.14. The van der Waals surface area contributed by atoms with Gasteiger partial charge in [0.25, 0.3) is 5.91 Å². The van der Waals surface area contributed by atoms with E-state index in [-0.39, 0.29) is 11.3 Å². The van der Waals surface area contributed by atoms with Crippen molar-refractivity contribution in [2.45, 2.75) is 12.2 Å². The molecule has 150 valence electrons. The Morgan fingerprint density at radius 3 is 2.45 bits per heavy atom. The fourth-order valence-corrected chi connectivity index (χ4v) is 4.17. The van der Waals surface area contributed by atoms with Crippen LogP contribution in [0, 0.1) is 0 Å². The standard InChI is InChI=1S/C20H18ClN3O4S/c21-19-11-18(8-7-17(19)10-15-2-1-9-22-12-15)24-29(27,28)13-14-3-5-16(6-4-14)20(25)23-26/h1-9,11-12,24,26H,10,13H2,(H,23,25). The summed E-state index contributed by atoms with van der Waals surface area (Å²) >= 11 is 6.32. The van der Waals surface area contributed by atoms with Gasteiger partial charge in [0.2, 0.25) is 10.0 Å². The van der Waals surface area contributed by atoms with Crippen LogP contribution in [-0.2, 0) is 22.2 Å². The van der Waals surface area contributed by atoms with E-state index in [9.17, 15) is 13.2 Å². The summed E-state index contributed by atoms with van der Waals surface area (Å²) in [5.74, 6) is -0.943. The molecule has 1 heterocycles. The van der Waals surface area contributed by atoms with E-state index < -0.39 is 15.9 Å². The number of nitrogens with zero attached hydrogens (tertiary/aromatic N) is 1. The Morgan fingerprint density at radius 2 is 1.83 bits per heavy atom. The molecule has 0 fully saturated rings. The van der Waals surface area contributed by atoms with E-state index in [0.717, 1.165) is 11.1 Å². The molecule has 0 aliphatic carbocycles. The lowest BCUT2D eigenvalue weighted by molar-refractivity contribution is 0.0706. The second kappa shape index (κ2) is 9.04. The largest absolute Gasteiger partial charge is 0.288 e. The Labute approximate surface area is 173 Å². The normalized spacial score (nSPS) is 11.1. The number of halogens is 1. The number of anilines is 1. The molecule has 0 saturated carbocycles. The van der Waals surface area contributed by atoms with Crippen molar-refractivity contribution in [3.05, 3.63) is 94.3 Å². The van der Waals surface area contributed by atoms with Gasteiger partial charge in [-0.3, -0.25) is 19.7 Å². The average Bonchev–Trinajstić information content (AvgIpc) is 2.70. The van der Waals surface area contributed by atoms with E-state index in [1.54, 1.807) is 30.6 Å². The molecule has 1 amide bonds. The molecule has 0 radical (unpaired) electrons. The SMILES string of the molecule is O=C(NO)c1ccc(CS(=O)(=O)Nc2ccc(Cc3cccnc3)c(Cl)c2)cc1. The van der Waals surface area contributed by atoms with E-state index in [1.807, 2.05) is 12.1 Å². The first kappa shape index (κ1) is 20.8. The van der Waals surface area contributed by atoms with Crippen LogP contribution in [0.3, 0.4) is 0 Å². The third kappa shape index (κ3) is 5.77. The van der Waals surface area contributed by atoms with Crippen molar-refractivity contribution in [2.75, 3.05) is 4.72 Å². The number of carbonyl (C=O) groups is 1. The first-order valence-corrected chi connectivity index (χ1v) is 10.6. The number of hydrogen-bond acceptors (Lipinski definition) is 5. The third-order valence-electron chi connectivity index (χ3n) is 4.12. The van der Waals surface area contributed by atoms with Gasteiger partial charge in [0.15, 0.2) is 0 Å². The van der Waals surface area contributed by atoms with Gasteiger partial charge in [-0.05, 0) is 47.0 Å². The van der Waals surface area contributed by atoms with Crippen LogP contribution in [0.2, 0.25) is 5.02 Å². The molecule has 0 bridgehead atoms. The molecule has 3 aromatic rings. The lowest BCUT2D eigenvalue weighted by Gasteiger charge is -2.11. The van der Waals surface area contributed by atoms with E-state index in [2.05, 4.69) is 9.71 Å². The van der Waals surface area contributed by atoms with Crippen molar-refractivity contribution in [1.29, 1.82) is 0 Å². The fourth-order valence-electron chi connectivity index (χ4n) is 2.73. The summed E-state index contributed by atoms with van der Waals surface area (Å²) in [5, 5.41) is 9.07. The number of benzene rings is 2. The zero-order valence-corrected chi connectivity index (χ0v) is 16.7. The quantitative estimate of drug-likeness (QED) is 0.392. The number of aromatic nitrogens is 1. The molecule has 0 saturated heterocycles. The molecule has 0 aliphatic heterocycles. The monoisotopic (exact) mass is 431 g/mol. The minimum absolute atomic E-state index is 0.220. The Balaban J connectivity index is 1.68. The van der Waals surface area contributed by atoms with Crippen LogP contribution >= 0.6 is 11.6 Å². The highest BCUT2D eigenvalue weighted by atomic mass is 35.5. The molecule has 3 N–H and O–H groups in total. The zero-order chi connectivity index (χ0) is 20.9. The molecule has 7 nitrogen and oxygen atoms in total. The summed E-state index contributed by atoms with van der Waals surface area (Å²) < 4.78 is 27.4. The average molecular weight is 432 g/mol. The van der Waals surface area contributed by atoms with Crippen molar-refractivity contribution in [2.24, 2.45) is 0 Å². The van der Waals surface area contributed by atoms with E-state index in [0.29, 0.717) is 22.7 Å². The molecule has 9 heteroatoms. The molecule has 0 spiro atoms. The molecule has 0 aliphatic rings. The zero-order valence-electron chi connectivity index (χ0n) is 15.2. The topological polar surface area (TPSA) is 108 Å². The van der Waals surface area contributed by atoms with Crippen molar-refractivity contribution < 1.29 is 18.4 Å². The second-order valence-corrected chi connectivity index (χ2v) is 8.47. The van der Waals surface area contributed by atoms with Crippen LogP contribution in [-0.4, -0.2) is 24.5 Å². The van der Waals surface area contributed by atoms with Crippen molar-refractivity contribution in [1.82, 2.24) is 10.5 Å². The van der Waals surface area contributed by atoms with Gasteiger partial charge in [0.05, 0.1) is 5.75 Å². The Hall–Kier alpha value is -2.94. The van der Waals surface area contributed by atoms with E-state index in [4.69, 9.17) is 16.8 Å². The number of nitrogens with one attached hydrogen (secondary N) is 2. The summed E-state index contributed by atoms with van der Waals surface area (Å²) in [5.41, 5.74) is 4.46. The number of pyridine rings is 1. The number of amides is 1. The lowest BCUT2D eigenvalue weighted by Crippen LogP contribution is -2.18. The summed E-state index contributed by atoms with van der Waals surface area (Å²) in [7, 11) is -3.68. The van der Waals surface area contributed by atoms with Crippen LogP contribution in [0.15, 0.2) is 67.0 Å². The molecule has 2 aromatic carbocycles. The first-order chi connectivity index (χ1) is 13.9. The van der Waals surface area contributed by atoms with Crippen molar-refractivity contribution >= 4 is 33.2 Å². The van der Waals surface area contributed by atoms with E-state index >= 15 is 0 Å². The number of hydrogen-bond donors (Lipinski definition) is 3. The Kier molecular flexibility index (Phi) is 6.48. The Bertz CT molecular complexity index is 1100. The van der Waals surface area contributed by atoms with E-state index in [1.165, 1.54) is 29.7 Å². The highest BCUT2D eigenvalue weighted by molar-refractivity contribution is 7.91. The predicted molar refractivity (Wildman–Crippen MR) is 110 cm³/mol. The predicted octanol–water partition coefficient (Wildman–Crippen LogP) is 3.39. The molecule has 29 heavy (non-hydrogen) atoms. The van der Waals surface area contributed by atoms with Gasteiger partial charge in [0, 0.05) is 35.1 Å². The Morgan fingerprint density at radius 1 is 1.07 bits per heavy atom. The summed E-state index contributed by atoms with van der Waals surface area (Å²) in [4.78, 5) is 15.4. The van der Waals surface area contributed by atoms with Crippen LogP contribution in [0.4, 0.5) is 5.69 Å².